The van der Waals surface area contributed by atoms with Crippen LogP contribution in [0.5, 0.6) is 0 Å². The normalized spacial score (nSPS) is 12.3. The SMILES string of the molecule is Cc1cc2nc(-c3[c-]ccc4c3oc3c4ccc4ccc5ccccc5c43)n(-c3ccccc3)c2cn1.[2H]C([2H])([2H])c1ccc(-c2[c-]cccc2)nc1.[Ir]. The summed E-state index contributed by atoms with van der Waals surface area (Å²) in [4.78, 5) is 13.8. The Morgan fingerprint density at radius 3 is 2.31 bits per heavy atom. The molecular formula is C45H30IrN4O-2. The molecule has 10 aromatic rings. The number of hydrogen-bond donors (Lipinski definition) is 0. The van der Waals surface area contributed by atoms with Crippen LogP contribution < -0.4 is 0 Å². The Hall–Kier alpha value is -5.94. The Balaban J connectivity index is 0.000000206. The molecule has 0 aliphatic heterocycles. The van der Waals surface area contributed by atoms with Crippen LogP contribution in [-0.2, 0) is 20.1 Å². The predicted octanol–water partition coefficient (Wildman–Crippen LogP) is 11.3. The summed E-state index contributed by atoms with van der Waals surface area (Å²) in [6.45, 7) is -0.103. The van der Waals surface area contributed by atoms with E-state index in [0.29, 0.717) is 0 Å². The minimum Gasteiger partial charge on any atom is -0.500 e. The maximum Gasteiger partial charge on any atom is 0.129 e. The summed E-state index contributed by atoms with van der Waals surface area (Å²) in [6, 6.07) is 50.7. The van der Waals surface area contributed by atoms with Crippen LogP contribution in [0.3, 0.4) is 0 Å². The molecule has 0 fully saturated rings. The standard InChI is InChI=1S/C33H20N3O.C12H10N.Ir/c1-20-18-28-29(19-34-20)36(23-9-3-2-4-10-23)33(35-28)27-13-7-12-25-26-17-16-22-15-14-21-8-5-6-11-24(21)30(22)32(26)37-31(25)27;1-10-7-8-12(13-9-10)11-5-3-2-4-6-11;/h2-12,14-19H,1H3;2-5,7-9H,1H3;/q2*-1;/i;1D3;. The molecule has 4 heterocycles. The van der Waals surface area contributed by atoms with Gasteiger partial charge in [-0.3, -0.25) is 9.97 Å². The third-order valence-corrected chi connectivity index (χ3v) is 8.97. The van der Waals surface area contributed by atoms with Gasteiger partial charge in [0.05, 0.1) is 28.6 Å². The summed E-state index contributed by atoms with van der Waals surface area (Å²) < 4.78 is 30.6. The second-order valence-electron chi connectivity index (χ2n) is 12.2. The van der Waals surface area contributed by atoms with E-state index in [1.54, 1.807) is 18.2 Å². The van der Waals surface area contributed by atoms with E-state index in [9.17, 15) is 0 Å². The van der Waals surface area contributed by atoms with Crippen molar-refractivity contribution in [2.24, 2.45) is 0 Å². The molecule has 0 bridgehead atoms. The van der Waals surface area contributed by atoms with Crippen molar-refractivity contribution < 1.29 is 28.6 Å². The number of benzene rings is 6. The first-order chi connectivity index (χ1) is 25.8. The fourth-order valence-electron chi connectivity index (χ4n) is 6.64. The molecule has 5 nitrogen and oxygen atoms in total. The van der Waals surface area contributed by atoms with Gasteiger partial charge in [0.15, 0.2) is 0 Å². The largest absolute Gasteiger partial charge is 0.500 e. The van der Waals surface area contributed by atoms with Crippen molar-refractivity contribution >= 4 is 54.5 Å². The summed E-state index contributed by atoms with van der Waals surface area (Å²) in [5.74, 6) is 0.785. The van der Waals surface area contributed by atoms with Crippen molar-refractivity contribution in [2.45, 2.75) is 13.8 Å². The smallest absolute Gasteiger partial charge is 0.129 e. The molecule has 0 aliphatic rings. The number of rotatable bonds is 3. The van der Waals surface area contributed by atoms with E-state index in [-0.39, 0.29) is 25.7 Å². The van der Waals surface area contributed by atoms with Gasteiger partial charge in [0.25, 0.3) is 0 Å². The second-order valence-corrected chi connectivity index (χ2v) is 12.2. The Labute approximate surface area is 312 Å². The average molecular weight is 838 g/mol. The zero-order chi connectivity index (χ0) is 36.1. The van der Waals surface area contributed by atoms with Gasteiger partial charge in [0.2, 0.25) is 0 Å². The van der Waals surface area contributed by atoms with Crippen molar-refractivity contribution in [3.05, 3.63) is 169 Å². The number of aromatic nitrogens is 4. The molecule has 6 aromatic carbocycles. The zero-order valence-electron chi connectivity index (χ0n) is 30.4. The van der Waals surface area contributed by atoms with Gasteiger partial charge in [0, 0.05) is 52.6 Å². The first-order valence-electron chi connectivity index (χ1n) is 17.9. The maximum absolute atomic E-state index is 7.23. The number of hydrogen-bond acceptors (Lipinski definition) is 4. The predicted molar refractivity (Wildman–Crippen MR) is 203 cm³/mol. The number of furan rings is 1. The number of aryl methyl sites for hydroxylation is 2. The van der Waals surface area contributed by atoms with Crippen molar-refractivity contribution in [1.82, 2.24) is 19.5 Å². The van der Waals surface area contributed by atoms with Gasteiger partial charge in [-0.25, -0.2) is 0 Å². The summed E-state index contributed by atoms with van der Waals surface area (Å²) in [5, 5.41) is 6.83. The summed E-state index contributed by atoms with van der Waals surface area (Å²) in [6.07, 6.45) is 3.29. The summed E-state index contributed by atoms with van der Waals surface area (Å²) in [5.41, 5.74) is 8.15. The third-order valence-electron chi connectivity index (χ3n) is 8.97. The van der Waals surface area contributed by atoms with Gasteiger partial charge < -0.3 is 14.0 Å². The van der Waals surface area contributed by atoms with Gasteiger partial charge in [-0.15, -0.1) is 54.1 Å². The van der Waals surface area contributed by atoms with E-state index in [4.69, 9.17) is 13.5 Å². The van der Waals surface area contributed by atoms with Crippen LogP contribution in [0.4, 0.5) is 0 Å². The first-order valence-corrected chi connectivity index (χ1v) is 16.4. The van der Waals surface area contributed by atoms with Gasteiger partial charge in [-0.05, 0) is 59.4 Å². The van der Waals surface area contributed by atoms with Crippen LogP contribution in [0.25, 0.3) is 82.8 Å². The molecule has 0 amide bonds. The van der Waals surface area contributed by atoms with Crippen molar-refractivity contribution in [1.29, 1.82) is 0 Å². The number of imidazole rings is 1. The number of pyridine rings is 2. The fraction of sp³-hybridized carbons (Fsp3) is 0.0444. The molecule has 0 unspecified atom stereocenters. The van der Waals surface area contributed by atoms with E-state index < -0.39 is 6.85 Å². The number of para-hydroxylation sites is 1. The molecule has 6 heteroatoms. The summed E-state index contributed by atoms with van der Waals surface area (Å²) >= 11 is 0. The monoisotopic (exact) mass is 838 g/mol. The van der Waals surface area contributed by atoms with Gasteiger partial charge in [-0.2, -0.15) is 0 Å². The van der Waals surface area contributed by atoms with E-state index >= 15 is 0 Å². The zero-order valence-corrected chi connectivity index (χ0v) is 29.8. The number of fused-ring (bicyclic) bond motifs is 8. The Morgan fingerprint density at radius 1 is 0.686 bits per heavy atom. The van der Waals surface area contributed by atoms with Crippen LogP contribution in [0, 0.1) is 25.9 Å². The molecule has 0 spiro atoms. The van der Waals surface area contributed by atoms with Crippen LogP contribution in [0.2, 0.25) is 0 Å². The minimum absolute atomic E-state index is 0. The van der Waals surface area contributed by atoms with Crippen LogP contribution in [0.1, 0.15) is 15.4 Å². The van der Waals surface area contributed by atoms with Gasteiger partial charge in [0.1, 0.15) is 5.58 Å². The average Bonchev–Trinajstić information content (AvgIpc) is 3.77. The summed E-state index contributed by atoms with van der Waals surface area (Å²) in [7, 11) is 0. The molecule has 0 saturated carbocycles. The molecular weight excluding hydrogens is 805 g/mol. The fourth-order valence-corrected chi connectivity index (χ4v) is 6.64. The van der Waals surface area contributed by atoms with Crippen LogP contribution >= 0.6 is 0 Å². The molecule has 10 rings (SSSR count). The van der Waals surface area contributed by atoms with E-state index in [1.165, 1.54) is 17.0 Å². The second kappa shape index (κ2) is 13.4. The van der Waals surface area contributed by atoms with Gasteiger partial charge in [-0.1, -0.05) is 89.8 Å². The minimum atomic E-state index is -2.09. The third kappa shape index (κ3) is 5.79. The van der Waals surface area contributed by atoms with Crippen LogP contribution in [0.15, 0.2) is 150 Å². The topological polar surface area (TPSA) is 56.7 Å². The maximum atomic E-state index is 7.23. The van der Waals surface area contributed by atoms with E-state index in [2.05, 4.69) is 93.4 Å². The van der Waals surface area contributed by atoms with E-state index in [0.717, 1.165) is 77.8 Å². The van der Waals surface area contributed by atoms with E-state index in [1.807, 2.05) is 61.7 Å². The van der Waals surface area contributed by atoms with Crippen molar-refractivity contribution in [3.8, 4) is 28.3 Å². The van der Waals surface area contributed by atoms with Gasteiger partial charge >= 0.3 is 0 Å². The quantitative estimate of drug-likeness (QED) is 0.131. The molecule has 4 aromatic heterocycles. The molecule has 0 atom stereocenters. The molecule has 247 valence electrons. The Bertz CT molecular complexity index is 2940. The molecule has 0 saturated heterocycles. The van der Waals surface area contributed by atoms with Crippen LogP contribution in [-0.4, -0.2) is 19.5 Å². The first kappa shape index (κ1) is 28.9. The molecule has 0 N–H and O–H groups in total. The van der Waals surface area contributed by atoms with Crippen molar-refractivity contribution in [3.63, 3.8) is 0 Å². The number of nitrogens with zero attached hydrogens (tertiary/aromatic N) is 4. The Morgan fingerprint density at radius 2 is 1.49 bits per heavy atom. The molecule has 1 radical (unpaired) electrons. The van der Waals surface area contributed by atoms with Crippen molar-refractivity contribution in [2.75, 3.05) is 0 Å². The molecule has 51 heavy (non-hydrogen) atoms. The molecule has 0 aliphatic carbocycles. The Kier molecular flexibility index (Phi) is 7.58.